The van der Waals surface area contributed by atoms with Gasteiger partial charge < -0.3 is 0 Å². The third-order valence-corrected chi connectivity index (χ3v) is 2.83. The Bertz CT molecular complexity index is 90.3. The molecular formula is C11H22FI. The Hall–Kier alpha value is 0.660. The minimum Gasteiger partial charge on any atom is -0.236 e. The lowest BCUT2D eigenvalue weighted by Gasteiger charge is -2.04. The second-order valence-corrected chi connectivity index (χ2v) is 5.48. The maximum Gasteiger partial charge on any atom is 0.151 e. The van der Waals surface area contributed by atoms with E-state index in [4.69, 9.17) is 0 Å². The van der Waals surface area contributed by atoms with Crippen LogP contribution in [0.25, 0.3) is 0 Å². The molecule has 0 N–H and O–H groups in total. The van der Waals surface area contributed by atoms with Gasteiger partial charge in [-0.25, -0.2) is 4.39 Å². The van der Waals surface area contributed by atoms with Crippen molar-refractivity contribution < 1.29 is 4.39 Å². The van der Waals surface area contributed by atoms with Crippen LogP contribution in [0.4, 0.5) is 4.39 Å². The van der Waals surface area contributed by atoms with Crippen molar-refractivity contribution in [1.82, 2.24) is 0 Å². The first-order valence-corrected chi connectivity index (χ1v) is 6.65. The third kappa shape index (κ3) is 12.7. The normalized spacial score (nSPS) is 13.6. The van der Waals surface area contributed by atoms with E-state index in [0.717, 1.165) is 18.8 Å². The zero-order chi connectivity index (χ0) is 10.1. The first kappa shape index (κ1) is 13.7. The predicted octanol–water partition coefficient (Wildman–Crippen LogP) is 5.10. The van der Waals surface area contributed by atoms with Gasteiger partial charge in [0, 0.05) is 0 Å². The largest absolute Gasteiger partial charge is 0.236 e. The third-order valence-electron chi connectivity index (χ3n) is 2.20. The fourth-order valence-electron chi connectivity index (χ4n) is 1.38. The van der Waals surface area contributed by atoms with Gasteiger partial charge in [-0.3, -0.25) is 0 Å². The Kier molecular flexibility index (Phi) is 9.69. The highest BCUT2D eigenvalue weighted by Crippen LogP contribution is 2.15. The first-order chi connectivity index (χ1) is 6.13. The molecule has 0 spiro atoms. The van der Waals surface area contributed by atoms with Gasteiger partial charge in [-0.1, -0.05) is 46.0 Å². The fourth-order valence-corrected chi connectivity index (χ4v) is 1.82. The monoisotopic (exact) mass is 300 g/mol. The highest BCUT2D eigenvalue weighted by molar-refractivity contribution is 14.1. The number of alkyl halides is 2. The lowest BCUT2D eigenvalue weighted by Crippen LogP contribution is -1.89. The molecule has 2 heteroatoms. The van der Waals surface area contributed by atoms with Crippen LogP contribution in [-0.2, 0) is 0 Å². The molecular weight excluding hydrogens is 278 g/mol. The van der Waals surface area contributed by atoms with Crippen LogP contribution in [0.2, 0.25) is 0 Å². The van der Waals surface area contributed by atoms with E-state index in [0.29, 0.717) is 0 Å². The molecule has 0 saturated carbocycles. The van der Waals surface area contributed by atoms with E-state index in [1.165, 1.54) is 32.1 Å². The quantitative estimate of drug-likeness (QED) is 0.332. The molecule has 0 bridgehead atoms. The fraction of sp³-hybridized carbons (Fsp3) is 1.00. The second-order valence-electron chi connectivity index (χ2n) is 4.13. The summed E-state index contributed by atoms with van der Waals surface area (Å²) < 4.78 is 11.7. The molecule has 80 valence electrons. The van der Waals surface area contributed by atoms with Gasteiger partial charge in [-0.15, -0.1) is 0 Å². The molecule has 0 aliphatic carbocycles. The molecule has 0 aromatic carbocycles. The van der Waals surface area contributed by atoms with Crippen LogP contribution < -0.4 is 0 Å². The molecule has 0 nitrogen and oxygen atoms in total. The van der Waals surface area contributed by atoms with Crippen LogP contribution in [0.3, 0.4) is 0 Å². The minimum atomic E-state index is -0.631. The molecule has 0 aliphatic rings. The molecule has 0 radical (unpaired) electrons. The van der Waals surface area contributed by atoms with E-state index in [1.54, 1.807) is 0 Å². The summed E-state index contributed by atoms with van der Waals surface area (Å²) >= 11 is 1.85. The van der Waals surface area contributed by atoms with Crippen molar-refractivity contribution in [3.63, 3.8) is 0 Å². The van der Waals surface area contributed by atoms with Gasteiger partial charge in [0.25, 0.3) is 0 Å². The standard InChI is InChI=1S/C11H22FI/c1-10(2)8-6-4-3-5-7-9-11(12)13/h10-11H,3-9H2,1-2H3. The number of unbranched alkanes of at least 4 members (excludes halogenated alkanes) is 4. The van der Waals surface area contributed by atoms with E-state index in [1.807, 2.05) is 22.6 Å². The Morgan fingerprint density at radius 1 is 0.923 bits per heavy atom. The molecule has 0 aliphatic heterocycles. The van der Waals surface area contributed by atoms with Crippen LogP contribution in [0.15, 0.2) is 0 Å². The maximum absolute atomic E-state index is 12.4. The lowest BCUT2D eigenvalue weighted by atomic mass is 10.0. The van der Waals surface area contributed by atoms with E-state index in [-0.39, 0.29) is 0 Å². The molecule has 1 atom stereocenters. The highest BCUT2D eigenvalue weighted by Gasteiger charge is 1.99. The molecule has 0 heterocycles. The maximum atomic E-state index is 12.4. The smallest absolute Gasteiger partial charge is 0.151 e. The van der Waals surface area contributed by atoms with Gasteiger partial charge >= 0.3 is 0 Å². The Morgan fingerprint density at radius 2 is 1.38 bits per heavy atom. The molecule has 0 fully saturated rings. The molecule has 1 unspecified atom stereocenters. The Morgan fingerprint density at radius 3 is 1.85 bits per heavy atom. The van der Waals surface area contributed by atoms with E-state index in [2.05, 4.69) is 13.8 Å². The summed E-state index contributed by atoms with van der Waals surface area (Å²) in [5, 5.41) is 0. The molecule has 0 aromatic rings. The number of rotatable bonds is 8. The van der Waals surface area contributed by atoms with Gasteiger partial charge in [0.1, 0.15) is 0 Å². The van der Waals surface area contributed by atoms with Crippen molar-refractivity contribution in [2.24, 2.45) is 5.92 Å². The van der Waals surface area contributed by atoms with Crippen LogP contribution in [0.5, 0.6) is 0 Å². The number of hydrogen-bond acceptors (Lipinski definition) is 0. The summed E-state index contributed by atoms with van der Waals surface area (Å²) in [6, 6.07) is 0. The summed E-state index contributed by atoms with van der Waals surface area (Å²) in [7, 11) is 0. The van der Waals surface area contributed by atoms with Crippen molar-refractivity contribution in [1.29, 1.82) is 0 Å². The average Bonchev–Trinajstić information content (AvgIpc) is 2.01. The van der Waals surface area contributed by atoms with Crippen molar-refractivity contribution >= 4 is 22.6 Å². The summed E-state index contributed by atoms with van der Waals surface area (Å²) in [5.41, 5.74) is 0. The van der Waals surface area contributed by atoms with Crippen LogP contribution in [0.1, 0.15) is 58.8 Å². The number of halogens is 2. The van der Waals surface area contributed by atoms with Gasteiger partial charge in [0.2, 0.25) is 0 Å². The first-order valence-electron chi connectivity index (χ1n) is 5.41. The summed E-state index contributed by atoms with van der Waals surface area (Å²) in [6.07, 6.45) is 8.32. The zero-order valence-corrected chi connectivity index (χ0v) is 11.0. The molecule has 0 saturated heterocycles. The second kappa shape index (κ2) is 9.22. The van der Waals surface area contributed by atoms with Gasteiger partial charge in [-0.05, 0) is 41.4 Å². The van der Waals surface area contributed by atoms with E-state index >= 15 is 0 Å². The molecule has 0 rings (SSSR count). The highest BCUT2D eigenvalue weighted by atomic mass is 127. The zero-order valence-electron chi connectivity index (χ0n) is 8.86. The van der Waals surface area contributed by atoms with Crippen molar-refractivity contribution in [2.75, 3.05) is 0 Å². The topological polar surface area (TPSA) is 0 Å². The van der Waals surface area contributed by atoms with Crippen LogP contribution in [0, 0.1) is 5.92 Å². The summed E-state index contributed by atoms with van der Waals surface area (Å²) in [6.45, 7) is 4.54. The van der Waals surface area contributed by atoms with Gasteiger partial charge in [0.05, 0.1) is 0 Å². The van der Waals surface area contributed by atoms with E-state index in [9.17, 15) is 4.39 Å². The minimum absolute atomic E-state index is 0.631. The van der Waals surface area contributed by atoms with Crippen LogP contribution >= 0.6 is 22.6 Å². The van der Waals surface area contributed by atoms with Gasteiger partial charge in [-0.2, -0.15) is 0 Å². The molecule has 13 heavy (non-hydrogen) atoms. The summed E-state index contributed by atoms with van der Waals surface area (Å²) in [4.78, 5) is 0. The molecule has 0 aromatic heterocycles. The Labute approximate surface area is 95.8 Å². The van der Waals surface area contributed by atoms with E-state index < -0.39 is 4.18 Å². The average molecular weight is 300 g/mol. The predicted molar refractivity (Wildman–Crippen MR) is 66.1 cm³/mol. The van der Waals surface area contributed by atoms with Crippen LogP contribution in [-0.4, -0.2) is 4.18 Å². The lowest BCUT2D eigenvalue weighted by molar-refractivity contribution is 0.427. The number of hydrogen-bond donors (Lipinski definition) is 0. The van der Waals surface area contributed by atoms with Gasteiger partial charge in [0.15, 0.2) is 4.18 Å². The Balaban J connectivity index is 2.92. The summed E-state index contributed by atoms with van der Waals surface area (Å²) in [5.74, 6) is 0.838. The van der Waals surface area contributed by atoms with Crippen molar-refractivity contribution in [2.45, 2.75) is 63.0 Å². The SMILES string of the molecule is CC(C)CCCCCCCC(F)I. The van der Waals surface area contributed by atoms with Crippen molar-refractivity contribution in [3.05, 3.63) is 0 Å². The van der Waals surface area contributed by atoms with Crippen molar-refractivity contribution in [3.8, 4) is 0 Å². The molecule has 0 amide bonds.